The van der Waals surface area contributed by atoms with E-state index in [2.05, 4.69) is 25.7 Å². The van der Waals surface area contributed by atoms with Crippen LogP contribution in [0.15, 0.2) is 0 Å². The number of nitrogens with zero attached hydrogens (tertiary/aromatic N) is 1. The summed E-state index contributed by atoms with van der Waals surface area (Å²) in [4.78, 5) is 2.67. The summed E-state index contributed by atoms with van der Waals surface area (Å²) in [6.45, 7) is 9.12. The van der Waals surface area contributed by atoms with Gasteiger partial charge in [-0.3, -0.25) is 4.90 Å². The normalized spacial score (nSPS) is 31.7. The molecule has 0 radical (unpaired) electrons. The van der Waals surface area contributed by atoms with Crippen molar-refractivity contribution in [1.82, 2.24) is 4.90 Å². The fraction of sp³-hybridized carbons (Fsp3) is 1.00. The minimum atomic E-state index is 0.753. The zero-order chi connectivity index (χ0) is 10.6. The highest BCUT2D eigenvalue weighted by Gasteiger charge is 2.25. The predicted octanol–water partition coefficient (Wildman–Crippen LogP) is 2.23. The van der Waals surface area contributed by atoms with E-state index >= 15 is 0 Å². The van der Waals surface area contributed by atoms with Crippen molar-refractivity contribution in [1.29, 1.82) is 0 Å². The van der Waals surface area contributed by atoms with Crippen LogP contribution in [0.5, 0.6) is 0 Å². The molecule has 3 atom stereocenters. The van der Waals surface area contributed by atoms with Gasteiger partial charge < -0.3 is 5.73 Å². The van der Waals surface area contributed by atoms with Gasteiger partial charge in [-0.25, -0.2) is 0 Å². The van der Waals surface area contributed by atoms with Crippen molar-refractivity contribution in [2.24, 2.45) is 11.7 Å². The molecular formula is C12H26N2. The third kappa shape index (κ3) is 3.25. The third-order valence-corrected chi connectivity index (χ3v) is 3.56. The van der Waals surface area contributed by atoms with Crippen LogP contribution in [-0.2, 0) is 0 Å². The summed E-state index contributed by atoms with van der Waals surface area (Å²) >= 11 is 0. The van der Waals surface area contributed by atoms with Gasteiger partial charge in [-0.15, -0.1) is 0 Å². The Morgan fingerprint density at radius 2 is 1.86 bits per heavy atom. The van der Waals surface area contributed by atoms with Crippen molar-refractivity contribution < 1.29 is 0 Å². The van der Waals surface area contributed by atoms with E-state index in [9.17, 15) is 0 Å². The van der Waals surface area contributed by atoms with Gasteiger partial charge in [-0.05, 0) is 45.6 Å². The van der Waals surface area contributed by atoms with E-state index in [1.807, 2.05) is 0 Å². The van der Waals surface area contributed by atoms with Crippen LogP contribution in [0.25, 0.3) is 0 Å². The van der Waals surface area contributed by atoms with Gasteiger partial charge in [0.15, 0.2) is 0 Å². The molecule has 1 aliphatic rings. The predicted molar refractivity (Wildman–Crippen MR) is 62.3 cm³/mol. The average molecular weight is 198 g/mol. The summed E-state index contributed by atoms with van der Waals surface area (Å²) in [6, 6.07) is 1.55. The number of likely N-dealkylation sites (tertiary alicyclic amines) is 1. The molecule has 0 spiro atoms. The van der Waals surface area contributed by atoms with Crippen molar-refractivity contribution in [3.05, 3.63) is 0 Å². The van der Waals surface area contributed by atoms with Crippen LogP contribution < -0.4 is 5.73 Å². The number of hydrogen-bond acceptors (Lipinski definition) is 2. The molecule has 2 heteroatoms. The molecule has 0 saturated carbocycles. The van der Waals surface area contributed by atoms with Gasteiger partial charge in [0.25, 0.3) is 0 Å². The fourth-order valence-corrected chi connectivity index (χ4v) is 2.57. The maximum absolute atomic E-state index is 5.59. The van der Waals surface area contributed by atoms with Crippen LogP contribution >= 0.6 is 0 Å². The first kappa shape index (κ1) is 12.0. The first-order valence-electron chi connectivity index (χ1n) is 6.11. The SMILES string of the molecule is CC(CCN)CN1[C@H](C)CCC[C@@H]1C. The number of rotatable bonds is 4. The molecule has 84 valence electrons. The standard InChI is InChI=1S/C12H26N2/c1-10(7-8-13)9-14-11(2)5-4-6-12(14)3/h10-12H,4-9,13H2,1-3H3/t10?,11-,12+. The minimum Gasteiger partial charge on any atom is -0.330 e. The summed E-state index contributed by atoms with van der Waals surface area (Å²) in [7, 11) is 0. The second-order valence-electron chi connectivity index (χ2n) is 5.01. The van der Waals surface area contributed by atoms with Crippen LogP contribution in [0.3, 0.4) is 0 Å². The van der Waals surface area contributed by atoms with Crippen molar-refractivity contribution in [2.45, 2.75) is 58.5 Å². The highest BCUT2D eigenvalue weighted by atomic mass is 15.2. The molecule has 0 amide bonds. The Bertz CT molecular complexity index is 148. The topological polar surface area (TPSA) is 29.3 Å². The molecule has 1 rings (SSSR count). The summed E-state index contributed by atoms with van der Waals surface area (Å²) < 4.78 is 0. The molecule has 1 aliphatic heterocycles. The van der Waals surface area contributed by atoms with Crippen molar-refractivity contribution in [3.63, 3.8) is 0 Å². The maximum Gasteiger partial charge on any atom is 0.00698 e. The van der Waals surface area contributed by atoms with Gasteiger partial charge in [-0.1, -0.05) is 13.3 Å². The Balaban J connectivity index is 2.39. The second kappa shape index (κ2) is 5.72. The molecule has 0 aromatic heterocycles. The summed E-state index contributed by atoms with van der Waals surface area (Å²) in [6.07, 6.45) is 5.32. The van der Waals surface area contributed by atoms with Crippen LogP contribution in [0.2, 0.25) is 0 Å². The fourth-order valence-electron chi connectivity index (χ4n) is 2.57. The van der Waals surface area contributed by atoms with Crippen LogP contribution in [0, 0.1) is 5.92 Å². The van der Waals surface area contributed by atoms with Crippen molar-refractivity contribution >= 4 is 0 Å². The number of hydrogen-bond donors (Lipinski definition) is 1. The molecule has 1 saturated heterocycles. The van der Waals surface area contributed by atoms with Gasteiger partial charge >= 0.3 is 0 Å². The Labute approximate surface area is 88.8 Å². The second-order valence-corrected chi connectivity index (χ2v) is 5.01. The molecule has 1 fully saturated rings. The van der Waals surface area contributed by atoms with E-state index in [1.54, 1.807) is 0 Å². The van der Waals surface area contributed by atoms with Gasteiger partial charge in [0.2, 0.25) is 0 Å². The van der Waals surface area contributed by atoms with Crippen LogP contribution in [-0.4, -0.2) is 30.1 Å². The molecule has 2 nitrogen and oxygen atoms in total. The lowest BCUT2D eigenvalue weighted by atomic mass is 9.95. The first-order chi connectivity index (χ1) is 6.65. The molecule has 0 aromatic rings. The van der Waals surface area contributed by atoms with Crippen molar-refractivity contribution in [2.75, 3.05) is 13.1 Å². The molecule has 2 N–H and O–H groups in total. The highest BCUT2D eigenvalue weighted by molar-refractivity contribution is 4.80. The molecule has 0 bridgehead atoms. The van der Waals surface area contributed by atoms with Gasteiger partial charge in [0.05, 0.1) is 0 Å². The van der Waals surface area contributed by atoms with Crippen LogP contribution in [0.4, 0.5) is 0 Å². The first-order valence-corrected chi connectivity index (χ1v) is 6.11. The van der Waals surface area contributed by atoms with E-state index in [0.29, 0.717) is 0 Å². The lowest BCUT2D eigenvalue weighted by molar-refractivity contribution is 0.0857. The lowest BCUT2D eigenvalue weighted by Crippen LogP contribution is -2.45. The number of piperidine rings is 1. The quantitative estimate of drug-likeness (QED) is 0.750. The summed E-state index contributed by atoms with van der Waals surface area (Å²) in [5, 5.41) is 0. The highest BCUT2D eigenvalue weighted by Crippen LogP contribution is 2.23. The van der Waals surface area contributed by atoms with Gasteiger partial charge in [-0.2, -0.15) is 0 Å². The van der Waals surface area contributed by atoms with Crippen LogP contribution in [0.1, 0.15) is 46.5 Å². The van der Waals surface area contributed by atoms with Crippen molar-refractivity contribution in [3.8, 4) is 0 Å². The summed E-state index contributed by atoms with van der Waals surface area (Å²) in [5.74, 6) is 0.753. The molecule has 14 heavy (non-hydrogen) atoms. The van der Waals surface area contributed by atoms with Gasteiger partial charge in [0.1, 0.15) is 0 Å². The Morgan fingerprint density at radius 3 is 2.36 bits per heavy atom. The average Bonchev–Trinajstić information content (AvgIpc) is 2.12. The molecule has 0 aromatic carbocycles. The van der Waals surface area contributed by atoms with E-state index in [0.717, 1.165) is 31.0 Å². The largest absolute Gasteiger partial charge is 0.330 e. The molecule has 1 heterocycles. The smallest absolute Gasteiger partial charge is 0.00698 e. The number of nitrogens with two attached hydrogens (primary N) is 1. The minimum absolute atomic E-state index is 0.753. The Hall–Kier alpha value is -0.0800. The van der Waals surface area contributed by atoms with E-state index in [4.69, 9.17) is 5.73 Å². The Morgan fingerprint density at radius 1 is 1.29 bits per heavy atom. The van der Waals surface area contributed by atoms with E-state index in [-0.39, 0.29) is 0 Å². The van der Waals surface area contributed by atoms with E-state index < -0.39 is 0 Å². The molecular weight excluding hydrogens is 172 g/mol. The maximum atomic E-state index is 5.59. The lowest BCUT2D eigenvalue weighted by Gasteiger charge is -2.40. The molecule has 0 aliphatic carbocycles. The zero-order valence-corrected chi connectivity index (χ0v) is 10.00. The Kier molecular flexibility index (Phi) is 4.90. The van der Waals surface area contributed by atoms with Gasteiger partial charge in [0, 0.05) is 18.6 Å². The van der Waals surface area contributed by atoms with E-state index in [1.165, 1.54) is 25.8 Å². The monoisotopic (exact) mass is 198 g/mol. The zero-order valence-electron chi connectivity index (χ0n) is 10.00. The summed E-state index contributed by atoms with van der Waals surface area (Å²) in [5.41, 5.74) is 5.59. The third-order valence-electron chi connectivity index (χ3n) is 3.56. The molecule has 1 unspecified atom stereocenters.